The molecule has 0 spiro atoms. The smallest absolute Gasteiger partial charge is 0.0950 e. The van der Waals surface area contributed by atoms with Gasteiger partial charge in [-0.1, -0.05) is 34.8 Å². The van der Waals surface area contributed by atoms with Gasteiger partial charge in [-0.05, 0) is 17.7 Å². The first kappa shape index (κ1) is 10.6. The third-order valence-corrected chi connectivity index (χ3v) is 2.64. The minimum Gasteiger partial charge on any atom is -0.387 e. The third-order valence-electron chi connectivity index (χ3n) is 1.44. The molecule has 1 aromatic rings. The number of benzene rings is 1. The van der Waals surface area contributed by atoms with Crippen LogP contribution in [-0.4, -0.2) is 5.84 Å². The van der Waals surface area contributed by atoms with E-state index in [1.807, 2.05) is 0 Å². The van der Waals surface area contributed by atoms with Crippen molar-refractivity contribution in [3.63, 3.8) is 0 Å². The van der Waals surface area contributed by atoms with E-state index < -0.39 is 0 Å². The average molecular weight is 238 g/mol. The van der Waals surface area contributed by atoms with Gasteiger partial charge in [0.05, 0.1) is 20.9 Å². The number of nitrogens with one attached hydrogen (secondary N) is 1. The van der Waals surface area contributed by atoms with Gasteiger partial charge in [-0.25, -0.2) is 0 Å². The second kappa shape index (κ2) is 4.18. The molecule has 70 valence electrons. The monoisotopic (exact) mass is 236 g/mol. The van der Waals surface area contributed by atoms with E-state index in [9.17, 15) is 0 Å². The maximum Gasteiger partial charge on any atom is 0.0950 e. The van der Waals surface area contributed by atoms with Crippen LogP contribution in [0.2, 0.25) is 15.1 Å². The lowest BCUT2D eigenvalue weighted by Gasteiger charge is -2.03. The minimum atomic E-state index is 0.0643. The molecule has 0 radical (unpaired) electrons. The van der Waals surface area contributed by atoms with Crippen LogP contribution in [0.5, 0.6) is 0 Å². The van der Waals surface area contributed by atoms with Gasteiger partial charge in [0.25, 0.3) is 0 Å². The molecule has 0 saturated carbocycles. The molecule has 0 heterocycles. The Labute approximate surface area is 91.1 Å². The van der Waals surface area contributed by atoms with E-state index in [0.29, 0.717) is 21.5 Å². The van der Waals surface area contributed by atoms with Crippen molar-refractivity contribution >= 4 is 40.6 Å². The van der Waals surface area contributed by atoms with Crippen LogP contribution in [0.3, 0.4) is 0 Å². The Bertz CT molecular complexity index is 326. The minimum absolute atomic E-state index is 0.0643. The maximum absolute atomic E-state index is 7.09. The molecular formula is C8H7Cl3N2. The van der Waals surface area contributed by atoms with Crippen molar-refractivity contribution in [2.24, 2.45) is 5.73 Å². The molecule has 0 fully saturated rings. The zero-order valence-corrected chi connectivity index (χ0v) is 8.84. The maximum atomic E-state index is 7.09. The van der Waals surface area contributed by atoms with Gasteiger partial charge >= 0.3 is 0 Å². The number of rotatable bonds is 2. The largest absolute Gasteiger partial charge is 0.387 e. The fourth-order valence-electron chi connectivity index (χ4n) is 0.930. The van der Waals surface area contributed by atoms with Crippen LogP contribution >= 0.6 is 34.8 Å². The first-order valence-electron chi connectivity index (χ1n) is 3.47. The Morgan fingerprint density at radius 3 is 2.08 bits per heavy atom. The van der Waals surface area contributed by atoms with Crippen molar-refractivity contribution in [1.82, 2.24) is 0 Å². The van der Waals surface area contributed by atoms with Crippen LogP contribution < -0.4 is 5.73 Å². The molecule has 0 aliphatic carbocycles. The Morgan fingerprint density at radius 2 is 1.69 bits per heavy atom. The van der Waals surface area contributed by atoms with Crippen LogP contribution in [-0.2, 0) is 6.42 Å². The van der Waals surface area contributed by atoms with Crippen LogP contribution in [0, 0.1) is 5.41 Å². The van der Waals surface area contributed by atoms with Gasteiger partial charge in [-0.3, -0.25) is 5.41 Å². The molecular weight excluding hydrogens is 230 g/mol. The molecule has 0 aliphatic heterocycles. The van der Waals surface area contributed by atoms with Crippen molar-refractivity contribution in [1.29, 1.82) is 5.41 Å². The summed E-state index contributed by atoms with van der Waals surface area (Å²) in [5.41, 5.74) is 6.01. The average Bonchev–Trinajstić information content (AvgIpc) is 1.98. The lowest BCUT2D eigenvalue weighted by Crippen LogP contribution is -2.12. The van der Waals surface area contributed by atoms with Gasteiger partial charge in [0.1, 0.15) is 0 Å². The highest BCUT2D eigenvalue weighted by atomic mass is 35.5. The number of halogens is 3. The van der Waals surface area contributed by atoms with Crippen molar-refractivity contribution in [2.45, 2.75) is 6.42 Å². The van der Waals surface area contributed by atoms with Crippen molar-refractivity contribution in [2.75, 3.05) is 0 Å². The molecule has 0 bridgehead atoms. The summed E-state index contributed by atoms with van der Waals surface area (Å²) in [5.74, 6) is 0.0643. The standard InChI is InChI=1S/C8H7Cl3N2/c9-5-1-4(3-7(12)13)2-6(10)8(5)11/h1-2H,3H2,(H3,12,13). The van der Waals surface area contributed by atoms with Gasteiger partial charge in [0.15, 0.2) is 0 Å². The summed E-state index contributed by atoms with van der Waals surface area (Å²) >= 11 is 17.3. The lowest BCUT2D eigenvalue weighted by atomic mass is 10.1. The number of amidine groups is 1. The topological polar surface area (TPSA) is 49.9 Å². The van der Waals surface area contributed by atoms with E-state index in [1.54, 1.807) is 12.1 Å². The highest BCUT2D eigenvalue weighted by molar-refractivity contribution is 6.48. The second-order valence-electron chi connectivity index (χ2n) is 2.58. The predicted molar refractivity (Wildman–Crippen MR) is 57.1 cm³/mol. The number of nitrogens with two attached hydrogens (primary N) is 1. The zero-order valence-electron chi connectivity index (χ0n) is 6.57. The van der Waals surface area contributed by atoms with Crippen molar-refractivity contribution in [3.8, 4) is 0 Å². The Kier molecular flexibility index (Phi) is 3.42. The molecule has 0 atom stereocenters. The van der Waals surface area contributed by atoms with Gasteiger partial charge in [-0.2, -0.15) is 0 Å². The van der Waals surface area contributed by atoms with E-state index >= 15 is 0 Å². The molecule has 1 rings (SSSR count). The summed E-state index contributed by atoms with van der Waals surface area (Å²) < 4.78 is 0. The van der Waals surface area contributed by atoms with E-state index in [2.05, 4.69) is 0 Å². The summed E-state index contributed by atoms with van der Waals surface area (Å²) in [6.45, 7) is 0. The summed E-state index contributed by atoms with van der Waals surface area (Å²) in [6.07, 6.45) is 0.330. The number of hydrogen-bond acceptors (Lipinski definition) is 1. The Balaban J connectivity index is 3.06. The van der Waals surface area contributed by atoms with E-state index in [-0.39, 0.29) is 5.84 Å². The molecule has 2 nitrogen and oxygen atoms in total. The van der Waals surface area contributed by atoms with Crippen LogP contribution in [0.25, 0.3) is 0 Å². The quantitative estimate of drug-likeness (QED) is 0.463. The van der Waals surface area contributed by atoms with Crippen molar-refractivity contribution < 1.29 is 0 Å². The highest BCUT2D eigenvalue weighted by Gasteiger charge is 2.06. The van der Waals surface area contributed by atoms with E-state index in [0.717, 1.165) is 5.56 Å². The highest BCUT2D eigenvalue weighted by Crippen LogP contribution is 2.31. The predicted octanol–water partition coefficient (Wildman–Crippen LogP) is 3.13. The van der Waals surface area contributed by atoms with Gasteiger partial charge in [0.2, 0.25) is 0 Å². The molecule has 0 aromatic heterocycles. The first-order valence-corrected chi connectivity index (χ1v) is 4.60. The molecule has 0 aliphatic rings. The Hall–Kier alpha value is -0.440. The fourth-order valence-corrected chi connectivity index (χ4v) is 1.57. The van der Waals surface area contributed by atoms with E-state index in [1.165, 1.54) is 0 Å². The molecule has 3 N–H and O–H groups in total. The molecule has 1 aromatic carbocycles. The first-order chi connectivity index (χ1) is 6.00. The molecule has 0 unspecified atom stereocenters. The summed E-state index contributed by atoms with van der Waals surface area (Å²) in [5, 5.41) is 8.17. The van der Waals surface area contributed by atoms with Gasteiger partial charge < -0.3 is 5.73 Å². The third kappa shape index (κ3) is 2.76. The van der Waals surface area contributed by atoms with Gasteiger partial charge in [-0.15, -0.1) is 0 Å². The van der Waals surface area contributed by atoms with E-state index in [4.69, 9.17) is 45.9 Å². The molecule has 0 saturated heterocycles. The SMILES string of the molecule is N=C(N)Cc1cc(Cl)c(Cl)c(Cl)c1. The fraction of sp³-hybridized carbons (Fsp3) is 0.125. The van der Waals surface area contributed by atoms with Crippen LogP contribution in [0.1, 0.15) is 5.56 Å². The molecule has 13 heavy (non-hydrogen) atoms. The van der Waals surface area contributed by atoms with Crippen molar-refractivity contribution in [3.05, 3.63) is 32.8 Å². The second-order valence-corrected chi connectivity index (χ2v) is 3.77. The normalized spacial score (nSPS) is 10.1. The van der Waals surface area contributed by atoms with Crippen LogP contribution in [0.4, 0.5) is 0 Å². The summed E-state index contributed by atoms with van der Waals surface area (Å²) in [7, 11) is 0. The zero-order chi connectivity index (χ0) is 10.0. The molecule has 5 heteroatoms. The lowest BCUT2D eigenvalue weighted by molar-refractivity contribution is 1.25. The molecule has 0 amide bonds. The number of hydrogen-bond donors (Lipinski definition) is 2. The van der Waals surface area contributed by atoms with Crippen LogP contribution in [0.15, 0.2) is 12.1 Å². The Morgan fingerprint density at radius 1 is 1.23 bits per heavy atom. The summed E-state index contributed by atoms with van der Waals surface area (Å²) in [4.78, 5) is 0. The van der Waals surface area contributed by atoms with Gasteiger partial charge in [0, 0.05) is 6.42 Å². The summed E-state index contributed by atoms with van der Waals surface area (Å²) in [6, 6.07) is 3.30.